The zero-order valence-corrected chi connectivity index (χ0v) is 5.33. The molecule has 0 spiro atoms. The van der Waals surface area contributed by atoms with Gasteiger partial charge in [-0.3, -0.25) is 4.79 Å². The second-order valence-corrected chi connectivity index (χ2v) is 1.68. The largest absolute Gasteiger partial charge is 0.387 e. The molecule has 1 radical (unpaired) electrons. The third kappa shape index (κ3) is 3.05. The standard InChI is InChI=1S/C5H10NO3/c1-6(2-3-7)5(9)4-8/h8H,2-4H2,1H3. The molecule has 1 amide bonds. The molecule has 0 atom stereocenters. The van der Waals surface area contributed by atoms with Crippen molar-refractivity contribution >= 4 is 5.91 Å². The molecular formula is C5H10NO3. The second kappa shape index (κ2) is 4.29. The van der Waals surface area contributed by atoms with Gasteiger partial charge in [0.05, 0.1) is 6.61 Å². The summed E-state index contributed by atoms with van der Waals surface area (Å²) in [7, 11) is 1.48. The number of hydrogen-bond acceptors (Lipinski definition) is 2. The van der Waals surface area contributed by atoms with Gasteiger partial charge in [0, 0.05) is 13.6 Å². The number of rotatable bonds is 3. The van der Waals surface area contributed by atoms with Gasteiger partial charge in [-0.1, -0.05) is 0 Å². The van der Waals surface area contributed by atoms with E-state index in [0.29, 0.717) is 0 Å². The van der Waals surface area contributed by atoms with Crippen LogP contribution in [0.15, 0.2) is 0 Å². The fraction of sp³-hybridized carbons (Fsp3) is 0.800. The first kappa shape index (κ1) is 8.39. The summed E-state index contributed by atoms with van der Waals surface area (Å²) in [5.41, 5.74) is 0. The Bertz CT molecular complexity index is 94.2. The normalized spacial score (nSPS) is 9.22. The Labute approximate surface area is 53.7 Å². The summed E-state index contributed by atoms with van der Waals surface area (Å²) in [6, 6.07) is 0. The van der Waals surface area contributed by atoms with E-state index in [4.69, 9.17) is 5.11 Å². The molecule has 0 rings (SSSR count). The van der Waals surface area contributed by atoms with Gasteiger partial charge in [-0.15, -0.1) is 0 Å². The molecule has 0 aliphatic rings. The monoisotopic (exact) mass is 132 g/mol. The Morgan fingerprint density at radius 1 is 1.67 bits per heavy atom. The van der Waals surface area contributed by atoms with Crippen LogP contribution in [0.1, 0.15) is 0 Å². The lowest BCUT2D eigenvalue weighted by atomic mass is 10.5. The minimum atomic E-state index is -0.517. The molecule has 4 heteroatoms. The predicted octanol–water partition coefficient (Wildman–Crippen LogP) is -1.13. The number of nitrogens with zero attached hydrogens (tertiary/aromatic N) is 1. The van der Waals surface area contributed by atoms with E-state index >= 15 is 0 Å². The van der Waals surface area contributed by atoms with Gasteiger partial charge < -0.3 is 10.0 Å². The van der Waals surface area contributed by atoms with E-state index in [2.05, 4.69) is 0 Å². The average Bonchev–Trinajstić information content (AvgIpc) is 1.87. The highest BCUT2D eigenvalue weighted by Crippen LogP contribution is 1.80. The lowest BCUT2D eigenvalue weighted by Crippen LogP contribution is -2.31. The quantitative estimate of drug-likeness (QED) is 0.528. The van der Waals surface area contributed by atoms with Crippen LogP contribution in [0.3, 0.4) is 0 Å². The van der Waals surface area contributed by atoms with Crippen molar-refractivity contribution < 1.29 is 15.0 Å². The third-order valence-electron chi connectivity index (χ3n) is 0.988. The van der Waals surface area contributed by atoms with Crippen molar-refractivity contribution in [3.05, 3.63) is 0 Å². The van der Waals surface area contributed by atoms with Gasteiger partial charge in [-0.05, 0) is 0 Å². The van der Waals surface area contributed by atoms with Crippen LogP contribution in [0.2, 0.25) is 0 Å². The molecule has 0 fully saturated rings. The van der Waals surface area contributed by atoms with Crippen molar-refractivity contribution in [2.24, 2.45) is 0 Å². The lowest BCUT2D eigenvalue weighted by Gasteiger charge is -2.12. The summed E-state index contributed by atoms with van der Waals surface area (Å²) in [6.07, 6.45) is 0. The first-order chi connectivity index (χ1) is 4.22. The van der Waals surface area contributed by atoms with Crippen LogP contribution in [0.5, 0.6) is 0 Å². The van der Waals surface area contributed by atoms with Crippen LogP contribution in [0.25, 0.3) is 0 Å². The highest BCUT2D eigenvalue weighted by Gasteiger charge is 2.03. The van der Waals surface area contributed by atoms with Gasteiger partial charge in [0.15, 0.2) is 0 Å². The van der Waals surface area contributed by atoms with Crippen LogP contribution < -0.4 is 0 Å². The molecule has 0 heterocycles. The smallest absolute Gasteiger partial charge is 0.248 e. The first-order valence-corrected chi connectivity index (χ1v) is 2.65. The topological polar surface area (TPSA) is 60.4 Å². The van der Waals surface area contributed by atoms with Crippen molar-refractivity contribution in [2.75, 3.05) is 26.8 Å². The van der Waals surface area contributed by atoms with Gasteiger partial charge in [-0.2, -0.15) is 0 Å². The number of carbonyl (C=O) groups is 1. The third-order valence-corrected chi connectivity index (χ3v) is 0.988. The summed E-state index contributed by atoms with van der Waals surface area (Å²) >= 11 is 0. The van der Waals surface area contributed by atoms with Crippen molar-refractivity contribution in [2.45, 2.75) is 0 Å². The summed E-state index contributed by atoms with van der Waals surface area (Å²) in [6.45, 7) is -0.669. The zero-order chi connectivity index (χ0) is 7.28. The molecule has 0 saturated carbocycles. The SMILES string of the molecule is CN(CC[O])C(=O)CO. The summed E-state index contributed by atoms with van der Waals surface area (Å²) < 4.78 is 0. The maximum Gasteiger partial charge on any atom is 0.248 e. The second-order valence-electron chi connectivity index (χ2n) is 1.68. The van der Waals surface area contributed by atoms with Crippen LogP contribution in [0.4, 0.5) is 0 Å². The van der Waals surface area contributed by atoms with Crippen LogP contribution in [-0.4, -0.2) is 42.7 Å². The molecule has 1 N–H and O–H groups in total. The molecule has 0 saturated heterocycles. The maximum atomic E-state index is 10.4. The fourth-order valence-corrected chi connectivity index (χ4v) is 0.382. The molecule has 0 aromatic heterocycles. The number of aliphatic hydroxyl groups excluding tert-OH is 1. The lowest BCUT2D eigenvalue weighted by molar-refractivity contribution is -0.133. The molecule has 0 aromatic rings. The molecule has 4 nitrogen and oxygen atoms in total. The summed E-state index contributed by atoms with van der Waals surface area (Å²) in [5, 5.41) is 18.1. The van der Waals surface area contributed by atoms with Crippen molar-refractivity contribution in [3.8, 4) is 0 Å². The predicted molar refractivity (Wildman–Crippen MR) is 30.3 cm³/mol. The van der Waals surface area contributed by atoms with Crippen LogP contribution >= 0.6 is 0 Å². The highest BCUT2D eigenvalue weighted by atomic mass is 16.3. The van der Waals surface area contributed by atoms with E-state index in [1.54, 1.807) is 0 Å². The Balaban J connectivity index is 3.45. The minimum absolute atomic E-state index is 0.166. The number of amides is 1. The fourth-order valence-electron chi connectivity index (χ4n) is 0.382. The van der Waals surface area contributed by atoms with E-state index in [1.807, 2.05) is 0 Å². The van der Waals surface area contributed by atoms with E-state index in [-0.39, 0.29) is 13.2 Å². The van der Waals surface area contributed by atoms with Gasteiger partial charge in [-0.25, -0.2) is 5.11 Å². The Hall–Kier alpha value is -0.610. The van der Waals surface area contributed by atoms with Crippen LogP contribution in [0, 0.1) is 0 Å². The van der Waals surface area contributed by atoms with Gasteiger partial charge in [0.2, 0.25) is 5.91 Å². The first-order valence-electron chi connectivity index (χ1n) is 2.65. The minimum Gasteiger partial charge on any atom is -0.387 e. The van der Waals surface area contributed by atoms with Gasteiger partial charge in [0.25, 0.3) is 0 Å². The number of hydrogen-bond donors (Lipinski definition) is 1. The molecule has 53 valence electrons. The maximum absolute atomic E-state index is 10.4. The molecular weight excluding hydrogens is 122 g/mol. The van der Waals surface area contributed by atoms with Crippen LogP contribution in [-0.2, 0) is 9.90 Å². The molecule has 9 heavy (non-hydrogen) atoms. The van der Waals surface area contributed by atoms with E-state index in [0.717, 1.165) is 0 Å². The highest BCUT2D eigenvalue weighted by molar-refractivity contribution is 5.76. The van der Waals surface area contributed by atoms with E-state index in [1.165, 1.54) is 11.9 Å². The van der Waals surface area contributed by atoms with Gasteiger partial charge >= 0.3 is 0 Å². The average molecular weight is 132 g/mol. The number of aliphatic hydroxyl groups is 1. The Morgan fingerprint density at radius 3 is 2.56 bits per heavy atom. The number of likely N-dealkylation sites (N-methyl/N-ethyl adjacent to an activating group) is 1. The molecule has 0 aromatic carbocycles. The summed E-state index contributed by atoms with van der Waals surface area (Å²) in [5.74, 6) is -0.411. The van der Waals surface area contributed by atoms with Gasteiger partial charge in [0.1, 0.15) is 6.61 Å². The van der Waals surface area contributed by atoms with Crippen molar-refractivity contribution in [1.29, 1.82) is 0 Å². The van der Waals surface area contributed by atoms with Crippen molar-refractivity contribution in [3.63, 3.8) is 0 Å². The number of carbonyl (C=O) groups excluding carboxylic acids is 1. The van der Waals surface area contributed by atoms with Crippen molar-refractivity contribution in [1.82, 2.24) is 4.90 Å². The zero-order valence-electron chi connectivity index (χ0n) is 5.33. The Kier molecular flexibility index (Phi) is 4.00. The Morgan fingerprint density at radius 2 is 2.22 bits per heavy atom. The molecule has 0 aliphatic carbocycles. The molecule has 0 unspecified atom stereocenters. The van der Waals surface area contributed by atoms with E-state index in [9.17, 15) is 9.90 Å². The molecule has 0 bridgehead atoms. The molecule has 0 aliphatic heterocycles. The van der Waals surface area contributed by atoms with E-state index < -0.39 is 12.5 Å². The summed E-state index contributed by atoms with van der Waals surface area (Å²) in [4.78, 5) is 11.6.